The predicted molar refractivity (Wildman–Crippen MR) is 429 cm³/mol. The molecule has 0 aliphatic heterocycles. The molecule has 0 radical (unpaired) electrons. The summed E-state index contributed by atoms with van der Waals surface area (Å²) in [4.78, 5) is 28.7. The summed E-state index contributed by atoms with van der Waals surface area (Å²) in [6.45, 7) is 12.5. The number of hydrogen-bond acceptors (Lipinski definition) is 15. The number of phenolic OH excluding ortho intramolecular Hbond substituents is 5. The summed E-state index contributed by atoms with van der Waals surface area (Å²) in [7, 11) is 9.75. The Morgan fingerprint density at radius 3 is 0.817 bits per heavy atom. The van der Waals surface area contributed by atoms with Crippen LogP contribution in [-0.2, 0) is 37.5 Å². The second-order valence-electron chi connectivity index (χ2n) is 25.1. The molecule has 0 atom stereocenters. The molecule has 8 aromatic rings. The van der Waals surface area contributed by atoms with Crippen LogP contribution < -0.4 is 25.7 Å². The van der Waals surface area contributed by atoms with E-state index >= 15 is 0 Å². The minimum Gasteiger partial charge on any atom is 0 e. The fraction of sp³-hybridized carbons (Fsp3) is 0.376. The van der Waals surface area contributed by atoms with Crippen LogP contribution in [0.2, 0.25) is 0 Å². The number of nitrogens with zero attached hydrogens (tertiary/aromatic N) is 4. The van der Waals surface area contributed by atoms with Gasteiger partial charge in [0.25, 0.3) is 0 Å². The number of aldehydes is 1. The molecule has 0 bridgehead atoms. The number of phenols is 5. The molecule has 15 nitrogen and oxygen atoms in total. The van der Waals surface area contributed by atoms with E-state index in [1.165, 1.54) is 141 Å². The van der Waals surface area contributed by atoms with Crippen LogP contribution in [0, 0.1) is 13.8 Å². The standard InChI is InChI=1S/2C31H38N2O3.C17H26O3.C6H8N2.2ClH.2Pt/c2*1-3-4-5-6-7-8-9-12-19-36-27-18-17-26(31(35)21-27)23-33-29-14-11-10-13-28(29)32-22-25-16-15-24(2)20-30(25)34;1-2-3-4-5-6-7-8-9-12-20-16-11-10-15(14-18)17(19)13-16;7-5-3-1-2-4-6(5)8;;;;/h2*10-11,13-18,20-23,34-35H,3-9,12,19H2,1-2H3;10-11,13-14,19H,2-9,12H2,1H3;1-4H,7-8H2;2*1H;;/q;;;;;;;+2/p-2. The van der Waals surface area contributed by atoms with Crippen molar-refractivity contribution in [3.8, 4) is 46.0 Å². The number of unbranched alkanes of at least 4 members (excludes halogenated alkanes) is 21. The number of anilines is 2. The van der Waals surface area contributed by atoms with Crippen LogP contribution in [-0.4, -0.2) is 76.5 Å². The number of aryl methyl sites for hydroxylation is 2. The van der Waals surface area contributed by atoms with Crippen LogP contribution >= 0.6 is 18.8 Å². The van der Waals surface area contributed by atoms with Crippen molar-refractivity contribution in [3.63, 3.8) is 0 Å². The number of nitrogens with two attached hydrogens (primary N) is 2. The Morgan fingerprint density at radius 2 is 0.577 bits per heavy atom. The van der Waals surface area contributed by atoms with Crippen LogP contribution in [0.3, 0.4) is 0 Å². The molecule has 0 amide bonds. The molecule has 0 spiro atoms. The van der Waals surface area contributed by atoms with Crippen molar-refractivity contribution in [2.24, 2.45) is 20.0 Å². The predicted octanol–water partition coefficient (Wildman–Crippen LogP) is 23.8. The van der Waals surface area contributed by atoms with Crippen molar-refractivity contribution in [1.29, 1.82) is 0 Å². The Balaban J connectivity index is 0.000000387. The van der Waals surface area contributed by atoms with Crippen LogP contribution in [0.1, 0.15) is 219 Å². The minimum absolute atomic E-state index is 0. The molecule has 104 heavy (non-hydrogen) atoms. The molecule has 0 aromatic heterocycles. The number of aromatic hydroxyl groups is 5. The number of aliphatic imine (C=N–C) groups is 4. The molecule has 0 saturated heterocycles. The van der Waals surface area contributed by atoms with Gasteiger partial charge in [0.1, 0.15) is 46.0 Å². The van der Waals surface area contributed by atoms with Crippen LogP contribution in [0.15, 0.2) is 184 Å². The molecule has 0 aliphatic carbocycles. The zero-order chi connectivity index (χ0) is 74.5. The van der Waals surface area contributed by atoms with Gasteiger partial charge < -0.3 is 51.2 Å². The summed E-state index contributed by atoms with van der Waals surface area (Å²) >= 11 is -0.472. The average Bonchev–Trinajstić information content (AvgIpc) is 0.878. The van der Waals surface area contributed by atoms with Gasteiger partial charge in [0.15, 0.2) is 6.29 Å². The number of benzene rings is 8. The van der Waals surface area contributed by atoms with Gasteiger partial charge in [-0.05, 0) is 141 Å². The third-order valence-corrected chi connectivity index (χ3v) is 16.4. The Kier molecular flexibility index (Phi) is 49.0. The third-order valence-electron chi connectivity index (χ3n) is 16.4. The Morgan fingerprint density at radius 1 is 0.346 bits per heavy atom. The van der Waals surface area contributed by atoms with Gasteiger partial charge in [0.2, 0.25) is 0 Å². The van der Waals surface area contributed by atoms with Crippen LogP contribution in [0.4, 0.5) is 34.1 Å². The van der Waals surface area contributed by atoms with E-state index < -0.39 is 16.5 Å². The van der Waals surface area contributed by atoms with E-state index in [1.54, 1.807) is 85.5 Å². The van der Waals surface area contributed by atoms with E-state index in [4.69, 9.17) is 44.5 Å². The van der Waals surface area contributed by atoms with E-state index in [9.17, 15) is 30.3 Å². The molecule has 0 unspecified atom stereocenters. The molecule has 568 valence electrons. The van der Waals surface area contributed by atoms with E-state index in [0.717, 1.165) is 30.4 Å². The summed E-state index contributed by atoms with van der Waals surface area (Å²) in [5, 5.41) is 50.7. The van der Waals surface area contributed by atoms with E-state index in [2.05, 4.69) is 40.7 Å². The Bertz CT molecular complexity index is 3600. The molecule has 0 fully saturated rings. The maximum absolute atomic E-state index is 10.6. The fourth-order valence-electron chi connectivity index (χ4n) is 10.4. The molecule has 0 heterocycles. The summed E-state index contributed by atoms with van der Waals surface area (Å²) in [5.74, 6) is 2.55. The van der Waals surface area contributed by atoms with Gasteiger partial charge in [-0.15, -0.1) is 0 Å². The van der Waals surface area contributed by atoms with Gasteiger partial charge in [-0.2, -0.15) is 0 Å². The topological polar surface area (TPSA) is 247 Å². The van der Waals surface area contributed by atoms with Gasteiger partial charge in [0, 0.05) is 86.4 Å². The maximum Gasteiger partial charge on any atom is 0 e. The molecule has 19 heteroatoms. The molecule has 9 N–H and O–H groups in total. The second-order valence-corrected chi connectivity index (χ2v) is 28.3. The van der Waals surface area contributed by atoms with Gasteiger partial charge in [0.05, 0.1) is 59.5 Å². The smallest absolute Gasteiger partial charge is 0 e. The van der Waals surface area contributed by atoms with Gasteiger partial charge in [-0.3, -0.25) is 24.8 Å². The Labute approximate surface area is 650 Å². The van der Waals surface area contributed by atoms with Crippen molar-refractivity contribution in [3.05, 3.63) is 203 Å². The first-order valence-electron chi connectivity index (χ1n) is 36.3. The molecule has 8 aromatic carbocycles. The van der Waals surface area contributed by atoms with E-state index in [1.807, 2.05) is 111 Å². The second kappa shape index (κ2) is 56.5. The molecule has 0 saturated carbocycles. The summed E-state index contributed by atoms with van der Waals surface area (Å²) in [6.07, 6.45) is 37.4. The Hall–Kier alpha value is -7.93. The zero-order valence-electron chi connectivity index (χ0n) is 61.3. The quantitative estimate of drug-likeness (QED) is 0.00826. The summed E-state index contributed by atoms with van der Waals surface area (Å²) < 4.78 is 17.2. The fourth-order valence-corrected chi connectivity index (χ4v) is 10.4. The number of hydrogen-bond donors (Lipinski definition) is 7. The van der Waals surface area contributed by atoms with E-state index in [-0.39, 0.29) is 49.8 Å². The summed E-state index contributed by atoms with van der Waals surface area (Å²) in [5.41, 5.74) is 19.5. The van der Waals surface area contributed by atoms with E-state index in [0.29, 0.717) is 105 Å². The van der Waals surface area contributed by atoms with Crippen molar-refractivity contribution in [2.45, 2.75) is 189 Å². The first-order valence-corrected chi connectivity index (χ1v) is 41.9. The van der Waals surface area contributed by atoms with Gasteiger partial charge >= 0.3 is 35.3 Å². The van der Waals surface area contributed by atoms with Crippen molar-refractivity contribution < 1.29 is 82.1 Å². The normalized spacial score (nSPS) is 10.9. The van der Waals surface area contributed by atoms with Crippen molar-refractivity contribution in [2.75, 3.05) is 31.3 Å². The van der Waals surface area contributed by atoms with Crippen LogP contribution in [0.5, 0.6) is 46.0 Å². The number of rotatable bonds is 39. The summed E-state index contributed by atoms with van der Waals surface area (Å²) in [6, 6.07) is 48.5. The molecular weight excluding hydrogens is 1710 g/mol. The first-order chi connectivity index (χ1) is 50.1. The third kappa shape index (κ3) is 38.7. The number of carbonyl (C=O) groups excluding carboxylic acids is 1. The largest absolute Gasteiger partial charge is 0 e. The van der Waals surface area contributed by atoms with Crippen molar-refractivity contribution in [1.82, 2.24) is 0 Å². The number of carbonyl (C=O) groups is 1. The maximum atomic E-state index is 10.6. The number of para-hydroxylation sites is 6. The SMILES string of the molecule is CCCCCCCCCCOc1ccc(C=Nc2ccccc2N=Cc2ccc(C)cc2O)c(O)c1.CCCCCCCCCCOc1ccc(C=Nc2ccccc2N=Cc2ccc(C)cc2O)c(O)c1.CCCCCCCCCCOc1ccc(C=O)c(O)c1.Nc1ccccc1N.[Cl][Pt][Cl].[Pt]. The van der Waals surface area contributed by atoms with Crippen molar-refractivity contribution >= 4 is 84.1 Å². The average molecular weight is 1820 g/mol. The van der Waals surface area contributed by atoms with Crippen LogP contribution in [0.25, 0.3) is 0 Å². The first kappa shape index (κ1) is 90.3. The molecule has 8 rings (SSSR count). The monoisotopic (exact) mass is 1820 g/mol. The zero-order valence-corrected chi connectivity index (χ0v) is 67.3. The molecule has 0 aliphatic rings. The van der Waals surface area contributed by atoms with Gasteiger partial charge in [-0.25, -0.2) is 0 Å². The minimum atomic E-state index is -0.472. The number of ether oxygens (including phenoxy) is 3. The number of halogens is 2. The van der Waals surface area contributed by atoms with Gasteiger partial charge in [-0.1, -0.05) is 204 Å². The number of nitrogen functional groups attached to an aromatic ring is 2. The molecular formula is C85H110Cl2N6O9Pt2.